The van der Waals surface area contributed by atoms with Gasteiger partial charge < -0.3 is 13.3 Å². The average Bonchev–Trinajstić information content (AvgIpc) is 2.28. The van der Waals surface area contributed by atoms with Crippen LogP contribution in [0.4, 0.5) is 4.39 Å². The molecule has 0 aromatic heterocycles. The summed E-state index contributed by atoms with van der Waals surface area (Å²) in [6, 6.07) is 4.84. The molecule has 0 unspecified atom stereocenters. The molecule has 1 aromatic carbocycles. The van der Waals surface area contributed by atoms with Crippen LogP contribution >= 0.6 is 11.6 Å². The molecule has 3 nitrogen and oxygen atoms in total. The summed E-state index contributed by atoms with van der Waals surface area (Å²) in [4.78, 5) is 0. The molecule has 1 aromatic rings. The zero-order valence-corrected chi connectivity index (χ0v) is 13.3. The lowest BCUT2D eigenvalue weighted by molar-refractivity contribution is 0.0704. The molecule has 0 aliphatic heterocycles. The molecule has 0 fully saturated rings. The molecule has 19 heavy (non-hydrogen) atoms. The van der Waals surface area contributed by atoms with Crippen LogP contribution in [0.2, 0.25) is 5.02 Å². The van der Waals surface area contributed by atoms with Gasteiger partial charge in [-0.3, -0.25) is 0 Å². The molecule has 0 bridgehead atoms. The summed E-state index contributed by atoms with van der Waals surface area (Å²) < 4.78 is 30.5. The van der Waals surface area contributed by atoms with Gasteiger partial charge in [-0.15, -0.1) is 0 Å². The highest BCUT2D eigenvalue weighted by Crippen LogP contribution is 2.21. The van der Waals surface area contributed by atoms with Gasteiger partial charge in [0.25, 0.3) is 0 Å². The third-order valence-corrected chi connectivity index (χ3v) is 5.68. The number of benzene rings is 1. The number of hydrogen-bond donors (Lipinski definition) is 0. The largest absolute Gasteiger partial charge is 0.505 e. The van der Waals surface area contributed by atoms with E-state index in [0.717, 1.165) is 5.56 Å². The average molecular weight is 307 g/mol. The predicted molar refractivity (Wildman–Crippen MR) is 75.7 cm³/mol. The number of hydrogen-bond acceptors (Lipinski definition) is 3. The monoisotopic (exact) mass is 306 g/mol. The smallest absolute Gasteiger partial charge is 0.374 e. The van der Waals surface area contributed by atoms with Crippen LogP contribution in [0.1, 0.15) is 26.3 Å². The molecule has 0 N–H and O–H groups in total. The Balaban J connectivity index is 2.96. The van der Waals surface area contributed by atoms with E-state index in [2.05, 4.69) is 0 Å². The highest BCUT2D eigenvalue weighted by molar-refractivity contribution is 6.60. The molecule has 0 saturated carbocycles. The molecular formula is C13H20ClFO3Si. The normalized spacial score (nSPS) is 11.8. The van der Waals surface area contributed by atoms with Gasteiger partial charge >= 0.3 is 8.80 Å². The zero-order valence-electron chi connectivity index (χ0n) is 11.5. The van der Waals surface area contributed by atoms with Crippen molar-refractivity contribution in [3.8, 4) is 0 Å². The summed E-state index contributed by atoms with van der Waals surface area (Å²) in [7, 11) is -2.81. The molecule has 0 aliphatic carbocycles. The molecular weight excluding hydrogens is 287 g/mol. The van der Waals surface area contributed by atoms with E-state index in [1.165, 1.54) is 12.1 Å². The van der Waals surface area contributed by atoms with E-state index >= 15 is 0 Å². The second-order valence-electron chi connectivity index (χ2n) is 3.94. The fourth-order valence-corrected chi connectivity index (χ4v) is 4.73. The highest BCUT2D eigenvalue weighted by atomic mass is 35.5. The molecule has 108 valence electrons. The van der Waals surface area contributed by atoms with E-state index in [0.29, 0.717) is 30.9 Å². The van der Waals surface area contributed by atoms with Gasteiger partial charge in [0.05, 0.1) is 0 Å². The van der Waals surface area contributed by atoms with Crippen molar-refractivity contribution in [2.24, 2.45) is 0 Å². The predicted octanol–water partition coefficient (Wildman–Crippen LogP) is 3.61. The lowest BCUT2D eigenvalue weighted by atomic mass is 10.2. The number of halogens is 2. The van der Waals surface area contributed by atoms with Gasteiger partial charge in [0.1, 0.15) is 5.82 Å². The van der Waals surface area contributed by atoms with E-state index in [-0.39, 0.29) is 5.82 Å². The molecule has 6 heteroatoms. The molecule has 0 radical (unpaired) electrons. The van der Waals surface area contributed by atoms with Gasteiger partial charge in [0.15, 0.2) is 0 Å². The van der Waals surface area contributed by atoms with Crippen molar-refractivity contribution in [3.63, 3.8) is 0 Å². The van der Waals surface area contributed by atoms with Crippen LogP contribution in [-0.2, 0) is 19.3 Å². The first-order valence-corrected chi connectivity index (χ1v) is 8.73. The van der Waals surface area contributed by atoms with Crippen molar-refractivity contribution in [2.45, 2.75) is 26.8 Å². The third-order valence-electron chi connectivity index (χ3n) is 2.44. The van der Waals surface area contributed by atoms with Crippen LogP contribution < -0.4 is 0 Å². The minimum Gasteiger partial charge on any atom is -0.374 e. The van der Waals surface area contributed by atoms with Gasteiger partial charge in [0.2, 0.25) is 0 Å². The lowest BCUT2D eigenvalue weighted by Gasteiger charge is -2.28. The van der Waals surface area contributed by atoms with Crippen molar-refractivity contribution >= 4 is 20.4 Å². The van der Waals surface area contributed by atoms with E-state index in [1.54, 1.807) is 6.07 Å². The maximum Gasteiger partial charge on any atom is 0.505 e. The van der Waals surface area contributed by atoms with Gasteiger partial charge in [0, 0.05) is 30.9 Å². The molecule has 0 atom stereocenters. The van der Waals surface area contributed by atoms with E-state index in [4.69, 9.17) is 24.9 Å². The Bertz CT molecular complexity index is 366. The highest BCUT2D eigenvalue weighted by Gasteiger charge is 2.40. The quantitative estimate of drug-likeness (QED) is 0.687. The van der Waals surface area contributed by atoms with Crippen LogP contribution in [0.15, 0.2) is 18.2 Å². The zero-order chi connectivity index (χ0) is 14.3. The van der Waals surface area contributed by atoms with Crippen LogP contribution in [0.5, 0.6) is 0 Å². The molecule has 0 aliphatic rings. The van der Waals surface area contributed by atoms with E-state index in [1.807, 2.05) is 20.8 Å². The van der Waals surface area contributed by atoms with Crippen molar-refractivity contribution in [1.29, 1.82) is 0 Å². The lowest BCUT2D eigenvalue weighted by Crippen LogP contribution is -2.48. The third kappa shape index (κ3) is 5.20. The van der Waals surface area contributed by atoms with E-state index < -0.39 is 8.80 Å². The Hall–Kier alpha value is -0.463. The topological polar surface area (TPSA) is 27.7 Å². The van der Waals surface area contributed by atoms with Crippen molar-refractivity contribution in [3.05, 3.63) is 34.6 Å². The van der Waals surface area contributed by atoms with Crippen molar-refractivity contribution < 1.29 is 17.7 Å². The summed E-state index contributed by atoms with van der Waals surface area (Å²) in [5, 5.41) is 0.363. The van der Waals surface area contributed by atoms with Gasteiger partial charge in [-0.2, -0.15) is 0 Å². The Kier molecular flexibility index (Phi) is 6.96. The summed E-state index contributed by atoms with van der Waals surface area (Å²) in [6.07, 6.45) is 0. The van der Waals surface area contributed by atoms with Gasteiger partial charge in [-0.05, 0) is 44.5 Å². The Morgan fingerprint density at radius 2 is 1.53 bits per heavy atom. The Morgan fingerprint density at radius 3 is 1.95 bits per heavy atom. The Morgan fingerprint density at radius 1 is 1.00 bits per heavy atom. The number of rotatable bonds is 8. The Labute approximate surface area is 120 Å². The summed E-state index contributed by atoms with van der Waals surface area (Å²) in [6.45, 7) is 7.15. The molecule has 1 rings (SSSR count). The standard InChI is InChI=1S/C13H20ClFO3Si/c1-4-16-19(17-5-2,18-6-3)10-11-7-12(14)9-13(15)8-11/h7-9H,4-6,10H2,1-3H3. The maximum absolute atomic E-state index is 13.4. The van der Waals surface area contributed by atoms with E-state index in [9.17, 15) is 4.39 Å². The molecule has 0 heterocycles. The second kappa shape index (κ2) is 7.97. The fraction of sp³-hybridized carbons (Fsp3) is 0.538. The first-order chi connectivity index (χ1) is 9.05. The molecule has 0 spiro atoms. The SMILES string of the molecule is CCO[Si](Cc1cc(F)cc(Cl)c1)(OCC)OCC. The van der Waals surface area contributed by atoms with Crippen LogP contribution in [-0.4, -0.2) is 28.6 Å². The first kappa shape index (κ1) is 16.6. The fourth-order valence-electron chi connectivity index (χ4n) is 1.90. The van der Waals surface area contributed by atoms with Gasteiger partial charge in [-0.1, -0.05) is 11.6 Å². The van der Waals surface area contributed by atoms with Crippen LogP contribution in [0.3, 0.4) is 0 Å². The summed E-state index contributed by atoms with van der Waals surface area (Å²) in [5.41, 5.74) is 0.729. The minimum atomic E-state index is -2.81. The minimum absolute atomic E-state index is 0.363. The summed E-state index contributed by atoms with van der Waals surface area (Å²) >= 11 is 5.86. The maximum atomic E-state index is 13.4. The van der Waals surface area contributed by atoms with Crippen molar-refractivity contribution in [1.82, 2.24) is 0 Å². The first-order valence-electron chi connectivity index (χ1n) is 6.42. The van der Waals surface area contributed by atoms with Crippen LogP contribution in [0.25, 0.3) is 0 Å². The molecule has 0 amide bonds. The molecule has 0 saturated heterocycles. The van der Waals surface area contributed by atoms with Gasteiger partial charge in [-0.25, -0.2) is 4.39 Å². The second-order valence-corrected chi connectivity index (χ2v) is 6.96. The van der Waals surface area contributed by atoms with Crippen LogP contribution in [0, 0.1) is 5.82 Å². The summed E-state index contributed by atoms with van der Waals surface area (Å²) in [5.74, 6) is -0.366. The van der Waals surface area contributed by atoms with Crippen molar-refractivity contribution in [2.75, 3.05) is 19.8 Å².